The van der Waals surface area contributed by atoms with Crippen LogP contribution in [0.1, 0.15) is 10.4 Å². The van der Waals surface area contributed by atoms with Gasteiger partial charge in [-0.3, -0.25) is 4.79 Å². The predicted octanol–water partition coefficient (Wildman–Crippen LogP) is 2.16. The second-order valence-corrected chi connectivity index (χ2v) is 5.92. The summed E-state index contributed by atoms with van der Waals surface area (Å²) in [5.41, 5.74) is 4.36. The van der Waals surface area contributed by atoms with Gasteiger partial charge in [-0.25, -0.2) is 12.8 Å². The zero-order chi connectivity index (χ0) is 12.7. The Morgan fingerprint density at radius 1 is 1.31 bits per heavy atom. The molecular weight excluding hydrogens is 304 g/mol. The van der Waals surface area contributed by atoms with E-state index in [2.05, 4.69) is 0 Å². The van der Waals surface area contributed by atoms with Gasteiger partial charge in [-0.1, -0.05) is 23.2 Å². The largest absolute Gasteiger partial charge is 0.366 e. The third-order valence-electron chi connectivity index (χ3n) is 1.63. The van der Waals surface area contributed by atoms with Gasteiger partial charge in [0.2, 0.25) is 5.91 Å². The van der Waals surface area contributed by atoms with Gasteiger partial charge in [0, 0.05) is 10.7 Å². The van der Waals surface area contributed by atoms with Crippen molar-refractivity contribution in [2.75, 3.05) is 0 Å². The van der Waals surface area contributed by atoms with E-state index in [9.17, 15) is 17.6 Å². The number of hydrogen-bond donors (Lipinski definition) is 1. The predicted molar refractivity (Wildman–Crippen MR) is 58.0 cm³/mol. The van der Waals surface area contributed by atoms with Crippen LogP contribution in [-0.2, 0) is 9.05 Å². The summed E-state index contributed by atoms with van der Waals surface area (Å²) in [4.78, 5) is 9.99. The molecule has 0 unspecified atom stereocenters. The molecule has 1 aromatic rings. The van der Waals surface area contributed by atoms with E-state index in [0.717, 1.165) is 0 Å². The number of rotatable bonds is 2. The zero-order valence-electron chi connectivity index (χ0n) is 7.30. The van der Waals surface area contributed by atoms with Crippen molar-refractivity contribution in [1.82, 2.24) is 0 Å². The van der Waals surface area contributed by atoms with Gasteiger partial charge in [0.25, 0.3) is 9.05 Å². The third-order valence-corrected chi connectivity index (χ3v) is 3.97. The van der Waals surface area contributed by atoms with Crippen LogP contribution in [0.2, 0.25) is 10.0 Å². The Morgan fingerprint density at radius 3 is 2.19 bits per heavy atom. The molecule has 0 bridgehead atoms. The van der Waals surface area contributed by atoms with Crippen LogP contribution in [0, 0.1) is 5.82 Å². The minimum Gasteiger partial charge on any atom is -0.366 e. The van der Waals surface area contributed by atoms with E-state index in [4.69, 9.17) is 39.6 Å². The number of benzene rings is 1. The summed E-state index contributed by atoms with van der Waals surface area (Å²) in [5.74, 6) is -2.25. The maximum atomic E-state index is 13.2. The van der Waals surface area contributed by atoms with Crippen LogP contribution in [0.4, 0.5) is 4.39 Å². The van der Waals surface area contributed by atoms with Crippen LogP contribution in [0.3, 0.4) is 0 Å². The lowest BCUT2D eigenvalue weighted by molar-refractivity contribution is 0.1000. The fraction of sp³-hybridized carbons (Fsp3) is 0. The SMILES string of the molecule is NC(=O)c1cc(F)c(Cl)c(S(=O)(=O)Cl)c1Cl. The van der Waals surface area contributed by atoms with Crippen LogP contribution >= 0.6 is 33.9 Å². The maximum absolute atomic E-state index is 13.2. The molecule has 0 aliphatic heterocycles. The molecule has 1 amide bonds. The van der Waals surface area contributed by atoms with E-state index in [1.807, 2.05) is 0 Å². The smallest absolute Gasteiger partial charge is 0.264 e. The molecule has 88 valence electrons. The molecule has 0 aliphatic carbocycles. The van der Waals surface area contributed by atoms with Gasteiger partial charge in [0.15, 0.2) is 0 Å². The van der Waals surface area contributed by atoms with Crippen LogP contribution in [0.25, 0.3) is 0 Å². The Kier molecular flexibility index (Phi) is 3.69. The molecule has 16 heavy (non-hydrogen) atoms. The van der Waals surface area contributed by atoms with E-state index in [-0.39, 0.29) is 0 Å². The standard InChI is InChI=1S/C7H3Cl3FNO3S/c8-4-2(7(12)13)1-3(11)5(9)6(4)16(10,14)15/h1H,(H2,12,13). The first-order valence-corrected chi connectivity index (χ1v) is 6.64. The Hall–Kier alpha value is -0.560. The van der Waals surface area contributed by atoms with Crippen molar-refractivity contribution in [1.29, 1.82) is 0 Å². The first kappa shape index (κ1) is 13.5. The molecule has 1 rings (SSSR count). The Labute approximate surface area is 105 Å². The highest BCUT2D eigenvalue weighted by Gasteiger charge is 2.26. The number of nitrogens with two attached hydrogens (primary N) is 1. The lowest BCUT2D eigenvalue weighted by atomic mass is 10.2. The van der Waals surface area contributed by atoms with Crippen LogP contribution in [-0.4, -0.2) is 14.3 Å². The summed E-state index contributed by atoms with van der Waals surface area (Å²) in [6.07, 6.45) is 0. The average Bonchev–Trinajstić information content (AvgIpc) is 2.08. The maximum Gasteiger partial charge on any atom is 0.264 e. The van der Waals surface area contributed by atoms with E-state index in [1.54, 1.807) is 0 Å². The number of primary amides is 1. The summed E-state index contributed by atoms with van der Waals surface area (Å²) < 4.78 is 35.3. The number of carbonyl (C=O) groups excluding carboxylic acids is 1. The molecule has 1 aromatic carbocycles. The summed E-state index contributed by atoms with van der Waals surface area (Å²) in [7, 11) is 0.620. The van der Waals surface area contributed by atoms with Crippen molar-refractivity contribution >= 4 is 48.8 Å². The number of carbonyl (C=O) groups is 1. The first-order chi connectivity index (χ1) is 7.16. The van der Waals surface area contributed by atoms with Crippen molar-refractivity contribution < 1.29 is 17.6 Å². The van der Waals surface area contributed by atoms with Gasteiger partial charge in [-0.2, -0.15) is 0 Å². The van der Waals surface area contributed by atoms with Crippen LogP contribution in [0.5, 0.6) is 0 Å². The van der Waals surface area contributed by atoms with Crippen LogP contribution in [0.15, 0.2) is 11.0 Å². The van der Waals surface area contributed by atoms with Crippen molar-refractivity contribution in [3.8, 4) is 0 Å². The molecule has 0 saturated carbocycles. The molecule has 0 saturated heterocycles. The monoisotopic (exact) mass is 305 g/mol. The fourth-order valence-electron chi connectivity index (χ4n) is 0.974. The van der Waals surface area contributed by atoms with Gasteiger partial charge in [-0.15, -0.1) is 0 Å². The van der Waals surface area contributed by atoms with Gasteiger partial charge in [0.05, 0.1) is 15.6 Å². The molecule has 0 aliphatic rings. The summed E-state index contributed by atoms with van der Waals surface area (Å²) in [6.45, 7) is 0. The average molecular weight is 307 g/mol. The second kappa shape index (κ2) is 4.37. The quantitative estimate of drug-likeness (QED) is 0.672. The molecule has 0 atom stereocenters. The minimum atomic E-state index is -4.38. The molecule has 0 fully saturated rings. The second-order valence-electron chi connectivity index (χ2n) is 2.67. The number of amides is 1. The lowest BCUT2D eigenvalue weighted by Crippen LogP contribution is -2.13. The van der Waals surface area contributed by atoms with Gasteiger partial charge >= 0.3 is 0 Å². The molecule has 9 heteroatoms. The number of hydrogen-bond acceptors (Lipinski definition) is 3. The molecule has 2 N–H and O–H groups in total. The summed E-state index contributed by atoms with van der Waals surface area (Å²) >= 11 is 10.9. The topological polar surface area (TPSA) is 77.2 Å². The molecule has 4 nitrogen and oxygen atoms in total. The van der Waals surface area contributed by atoms with Gasteiger partial charge < -0.3 is 5.73 Å². The van der Waals surface area contributed by atoms with Gasteiger partial charge in [-0.05, 0) is 6.07 Å². The molecule has 0 spiro atoms. The highest BCUT2D eigenvalue weighted by molar-refractivity contribution is 8.14. The van der Waals surface area contributed by atoms with E-state index >= 15 is 0 Å². The summed E-state index contributed by atoms with van der Waals surface area (Å²) in [6, 6.07) is 0.637. The fourth-order valence-corrected chi connectivity index (χ4v) is 3.36. The Morgan fingerprint density at radius 2 is 1.81 bits per heavy atom. The normalized spacial score (nSPS) is 11.5. The molecule has 0 heterocycles. The van der Waals surface area contributed by atoms with Crippen LogP contribution < -0.4 is 5.73 Å². The van der Waals surface area contributed by atoms with Crippen molar-refractivity contribution in [3.05, 3.63) is 27.5 Å². The van der Waals surface area contributed by atoms with E-state index < -0.39 is 41.3 Å². The molecule has 0 radical (unpaired) electrons. The first-order valence-electron chi connectivity index (χ1n) is 3.58. The van der Waals surface area contributed by atoms with E-state index in [0.29, 0.717) is 6.07 Å². The highest BCUT2D eigenvalue weighted by atomic mass is 35.7. The summed E-state index contributed by atoms with van der Waals surface area (Å²) in [5, 5.41) is -1.39. The Bertz CT molecular complexity index is 573. The molecule has 0 aromatic heterocycles. The van der Waals surface area contributed by atoms with Crippen molar-refractivity contribution in [3.63, 3.8) is 0 Å². The lowest BCUT2D eigenvalue weighted by Gasteiger charge is -2.07. The highest BCUT2D eigenvalue weighted by Crippen LogP contribution is 2.36. The zero-order valence-corrected chi connectivity index (χ0v) is 10.4. The third kappa shape index (κ3) is 2.40. The minimum absolute atomic E-state index is 0.511. The van der Waals surface area contributed by atoms with E-state index in [1.165, 1.54) is 0 Å². The van der Waals surface area contributed by atoms with Crippen molar-refractivity contribution in [2.24, 2.45) is 5.73 Å². The van der Waals surface area contributed by atoms with Crippen molar-refractivity contribution in [2.45, 2.75) is 4.90 Å². The number of halogens is 4. The Balaban J connectivity index is 3.80. The van der Waals surface area contributed by atoms with Gasteiger partial charge in [0.1, 0.15) is 10.7 Å². The molecular formula is C7H3Cl3FNO3S.